The molecular formula is C26H24ClN3O4. The second kappa shape index (κ2) is 10.4. The minimum atomic E-state index is -0.784. The van der Waals surface area contributed by atoms with Gasteiger partial charge in [0.25, 0.3) is 5.91 Å². The van der Waals surface area contributed by atoms with Gasteiger partial charge in [-0.15, -0.1) is 0 Å². The number of carbonyl (C=O) groups excluding carboxylic acids is 2. The number of benzene rings is 2. The van der Waals surface area contributed by atoms with Gasteiger partial charge in [-0.3, -0.25) is 14.6 Å². The predicted octanol–water partition coefficient (Wildman–Crippen LogP) is 2.83. The van der Waals surface area contributed by atoms with Gasteiger partial charge in [0, 0.05) is 23.6 Å². The Labute approximate surface area is 202 Å². The fourth-order valence-electron chi connectivity index (χ4n) is 3.99. The summed E-state index contributed by atoms with van der Waals surface area (Å²) < 4.78 is 7.50. The Bertz CT molecular complexity index is 1200. The Morgan fingerprint density at radius 1 is 1.18 bits per heavy atom. The van der Waals surface area contributed by atoms with Crippen molar-refractivity contribution < 1.29 is 24.0 Å². The zero-order valence-corrected chi connectivity index (χ0v) is 19.2. The van der Waals surface area contributed by atoms with E-state index >= 15 is 0 Å². The van der Waals surface area contributed by atoms with Crippen molar-refractivity contribution in [3.8, 4) is 5.75 Å². The second-order valence-corrected chi connectivity index (χ2v) is 8.29. The molecule has 1 aliphatic rings. The van der Waals surface area contributed by atoms with Gasteiger partial charge in [-0.25, -0.2) is 4.57 Å². The summed E-state index contributed by atoms with van der Waals surface area (Å²) in [5, 5.41) is 13.9. The molecule has 0 spiro atoms. The standard InChI is InChI=1S/C26H24ClN3O4/c1-2-16-34-21-10-6-18(7-11-21)23-22(24(31)19-4-8-20(27)9-5-19)25(32)26(33)30(23)14-3-13-29-15-12-28-17-29/h2,4-12,15,17,23H,1,3,13-14,16H2,(H,31,32). The number of H-pyrrole nitrogens is 1. The molecule has 0 saturated carbocycles. The van der Waals surface area contributed by atoms with Crippen LogP contribution in [0.25, 0.3) is 5.76 Å². The molecule has 1 unspecified atom stereocenters. The van der Waals surface area contributed by atoms with Crippen LogP contribution in [-0.4, -0.2) is 34.7 Å². The molecule has 1 saturated heterocycles. The Morgan fingerprint density at radius 3 is 2.56 bits per heavy atom. The lowest BCUT2D eigenvalue weighted by Crippen LogP contribution is -2.36. The van der Waals surface area contributed by atoms with Crippen LogP contribution >= 0.6 is 11.6 Å². The summed E-state index contributed by atoms with van der Waals surface area (Å²) in [6, 6.07) is 12.6. The lowest BCUT2D eigenvalue weighted by molar-refractivity contribution is -0.695. The number of aromatic amines is 1. The smallest absolute Gasteiger partial charge is 0.295 e. The lowest BCUT2D eigenvalue weighted by atomic mass is 9.95. The van der Waals surface area contributed by atoms with Crippen molar-refractivity contribution in [2.24, 2.45) is 0 Å². The van der Waals surface area contributed by atoms with Crippen molar-refractivity contribution in [1.82, 2.24) is 9.88 Å². The predicted molar refractivity (Wildman–Crippen MR) is 126 cm³/mol. The number of rotatable bonds is 9. The molecular weight excluding hydrogens is 454 g/mol. The quantitative estimate of drug-likeness (QED) is 0.169. The SMILES string of the molecule is C=CCOc1ccc(C2/C(=C(\[O-])c3ccc(Cl)cc3)C(=O)C(=O)N2CCC[n+]2cc[nH]c2)cc1. The number of likely N-dealkylation sites (tertiary alicyclic amines) is 1. The molecule has 34 heavy (non-hydrogen) atoms. The van der Waals surface area contributed by atoms with E-state index in [1.807, 2.05) is 17.1 Å². The van der Waals surface area contributed by atoms with E-state index in [2.05, 4.69) is 11.6 Å². The Hall–Kier alpha value is -3.84. The minimum Gasteiger partial charge on any atom is -0.872 e. The zero-order chi connectivity index (χ0) is 24.1. The molecule has 2 aromatic carbocycles. The number of ether oxygens (including phenoxy) is 1. The first kappa shape index (κ1) is 23.3. The van der Waals surface area contributed by atoms with Crippen molar-refractivity contribution in [3.63, 3.8) is 0 Å². The highest BCUT2D eigenvalue weighted by Gasteiger charge is 2.43. The van der Waals surface area contributed by atoms with Crippen LogP contribution in [0, 0.1) is 0 Å². The van der Waals surface area contributed by atoms with Gasteiger partial charge in [-0.2, -0.15) is 0 Å². The molecule has 1 amide bonds. The third-order valence-corrected chi connectivity index (χ3v) is 5.87. The van der Waals surface area contributed by atoms with Gasteiger partial charge in [0.2, 0.25) is 12.1 Å². The summed E-state index contributed by atoms with van der Waals surface area (Å²) >= 11 is 5.96. The molecule has 1 aromatic heterocycles. The van der Waals surface area contributed by atoms with Gasteiger partial charge in [-0.05, 0) is 35.4 Å². The maximum absolute atomic E-state index is 13.4. The molecule has 0 radical (unpaired) electrons. The summed E-state index contributed by atoms with van der Waals surface area (Å²) in [5.74, 6) is -1.30. The van der Waals surface area contributed by atoms with E-state index in [4.69, 9.17) is 16.3 Å². The first-order chi connectivity index (χ1) is 16.5. The highest BCUT2D eigenvalue weighted by Crippen LogP contribution is 2.39. The maximum atomic E-state index is 13.4. The molecule has 1 aliphatic heterocycles. The van der Waals surface area contributed by atoms with Gasteiger partial charge < -0.3 is 14.7 Å². The molecule has 8 heteroatoms. The average Bonchev–Trinajstić information content (AvgIpc) is 3.45. The fraction of sp³-hybridized carbons (Fsp3) is 0.192. The number of aryl methyl sites for hydroxylation is 1. The Balaban J connectivity index is 1.70. The molecule has 3 aromatic rings. The Morgan fingerprint density at radius 2 is 1.91 bits per heavy atom. The molecule has 1 fully saturated rings. The number of amides is 1. The van der Waals surface area contributed by atoms with Crippen molar-refractivity contribution in [2.75, 3.05) is 13.2 Å². The number of nitrogens with one attached hydrogen (secondary N) is 1. The van der Waals surface area contributed by atoms with Crippen molar-refractivity contribution >= 4 is 29.1 Å². The summed E-state index contributed by atoms with van der Waals surface area (Å²) in [6.45, 7) is 4.97. The van der Waals surface area contributed by atoms with Crippen molar-refractivity contribution in [3.05, 3.63) is 102 Å². The van der Waals surface area contributed by atoms with Crippen molar-refractivity contribution in [1.29, 1.82) is 0 Å². The van der Waals surface area contributed by atoms with Crippen LogP contribution < -0.4 is 14.4 Å². The monoisotopic (exact) mass is 477 g/mol. The molecule has 7 nitrogen and oxygen atoms in total. The van der Waals surface area contributed by atoms with Crippen LogP contribution in [0.5, 0.6) is 5.75 Å². The number of ketones is 1. The molecule has 2 heterocycles. The van der Waals surface area contributed by atoms with E-state index in [0.29, 0.717) is 48.0 Å². The third-order valence-electron chi connectivity index (χ3n) is 5.62. The van der Waals surface area contributed by atoms with E-state index in [-0.39, 0.29) is 5.57 Å². The van der Waals surface area contributed by atoms with Crippen LogP contribution in [0.2, 0.25) is 5.02 Å². The maximum Gasteiger partial charge on any atom is 0.295 e. The van der Waals surface area contributed by atoms with Gasteiger partial charge in [-0.1, -0.05) is 54.3 Å². The van der Waals surface area contributed by atoms with Gasteiger partial charge >= 0.3 is 0 Å². The topological polar surface area (TPSA) is 89.3 Å². The number of halogens is 1. The first-order valence-electron chi connectivity index (χ1n) is 10.9. The Kier molecular flexibility index (Phi) is 7.13. The van der Waals surface area contributed by atoms with Crippen LogP contribution in [0.3, 0.4) is 0 Å². The number of Topliss-reactive ketones (excluding diaryl/α,β-unsaturated/α-hetero) is 1. The van der Waals surface area contributed by atoms with E-state index in [1.165, 1.54) is 4.90 Å². The van der Waals surface area contributed by atoms with Crippen LogP contribution in [0.15, 0.2) is 85.5 Å². The van der Waals surface area contributed by atoms with Gasteiger partial charge in [0.1, 0.15) is 24.8 Å². The van der Waals surface area contributed by atoms with E-state index in [1.54, 1.807) is 60.8 Å². The molecule has 4 rings (SSSR count). The van der Waals surface area contributed by atoms with Gasteiger partial charge in [0.15, 0.2) is 0 Å². The summed E-state index contributed by atoms with van der Waals surface area (Å²) in [7, 11) is 0. The first-order valence-corrected chi connectivity index (χ1v) is 11.3. The highest BCUT2D eigenvalue weighted by molar-refractivity contribution is 6.46. The number of imidazole rings is 1. The summed E-state index contributed by atoms with van der Waals surface area (Å²) in [4.78, 5) is 30.5. The number of hydrogen-bond donors (Lipinski definition) is 1. The summed E-state index contributed by atoms with van der Waals surface area (Å²) in [6.07, 6.45) is 7.76. The second-order valence-electron chi connectivity index (χ2n) is 7.85. The van der Waals surface area contributed by atoms with Crippen LogP contribution in [-0.2, 0) is 16.1 Å². The molecule has 0 bridgehead atoms. The van der Waals surface area contributed by atoms with Crippen molar-refractivity contribution in [2.45, 2.75) is 19.0 Å². The number of carbonyl (C=O) groups is 2. The number of aromatic nitrogens is 2. The zero-order valence-electron chi connectivity index (χ0n) is 18.4. The van der Waals surface area contributed by atoms with Crippen LogP contribution in [0.1, 0.15) is 23.6 Å². The number of hydrogen-bond acceptors (Lipinski definition) is 4. The summed E-state index contributed by atoms with van der Waals surface area (Å²) in [5.41, 5.74) is 0.916. The van der Waals surface area contributed by atoms with Crippen LogP contribution in [0.4, 0.5) is 0 Å². The number of nitrogens with zero attached hydrogens (tertiary/aromatic N) is 2. The molecule has 174 valence electrons. The van der Waals surface area contributed by atoms with E-state index in [9.17, 15) is 14.7 Å². The largest absolute Gasteiger partial charge is 0.872 e. The van der Waals surface area contributed by atoms with E-state index < -0.39 is 23.5 Å². The molecule has 0 aliphatic carbocycles. The average molecular weight is 478 g/mol. The van der Waals surface area contributed by atoms with Gasteiger partial charge in [0.05, 0.1) is 12.6 Å². The van der Waals surface area contributed by atoms with E-state index in [0.717, 1.165) is 0 Å². The minimum absolute atomic E-state index is 0.0543. The normalized spacial score (nSPS) is 17.2. The highest BCUT2D eigenvalue weighted by atomic mass is 35.5. The third kappa shape index (κ3) is 4.89. The lowest BCUT2D eigenvalue weighted by Gasteiger charge is -2.27. The molecule has 1 atom stereocenters. The molecule has 1 N–H and O–H groups in total. The fourth-order valence-corrected chi connectivity index (χ4v) is 4.11.